The molecule has 1 aliphatic heterocycles. The Balaban J connectivity index is 1.65. The molecule has 144 valence electrons. The molecule has 0 bridgehead atoms. The number of halogens is 1. The molecule has 1 heterocycles. The van der Waals surface area contributed by atoms with Gasteiger partial charge in [-0.15, -0.1) is 0 Å². The summed E-state index contributed by atoms with van der Waals surface area (Å²) in [4.78, 5) is 14.9. The molecule has 2 aromatic carbocycles. The molecule has 1 N–H and O–H groups in total. The van der Waals surface area contributed by atoms with E-state index in [4.69, 9.17) is 9.47 Å². The number of ether oxygens (including phenoxy) is 2. The standard InChI is InChI=1S/C21H25BrN2O3/c1-2-3-11-27-18-6-4-5-16(14-18)21(25)23-17-7-8-20(19(22)15-17)24-9-12-26-13-10-24/h4-8,14-15H,2-3,9-13H2,1H3,(H,23,25). The molecular weight excluding hydrogens is 408 g/mol. The quantitative estimate of drug-likeness (QED) is 0.643. The van der Waals surface area contributed by atoms with E-state index < -0.39 is 0 Å². The lowest BCUT2D eigenvalue weighted by atomic mass is 10.2. The maximum Gasteiger partial charge on any atom is 0.255 e. The summed E-state index contributed by atoms with van der Waals surface area (Å²) < 4.78 is 12.0. The van der Waals surface area contributed by atoms with E-state index in [0.717, 1.165) is 60.7 Å². The summed E-state index contributed by atoms with van der Waals surface area (Å²) in [6.45, 7) is 6.00. The van der Waals surface area contributed by atoms with Crippen molar-refractivity contribution in [3.8, 4) is 5.75 Å². The van der Waals surface area contributed by atoms with Crippen molar-refractivity contribution in [2.75, 3.05) is 43.1 Å². The van der Waals surface area contributed by atoms with Gasteiger partial charge in [-0.1, -0.05) is 19.4 Å². The van der Waals surface area contributed by atoms with Crippen molar-refractivity contribution in [3.05, 3.63) is 52.5 Å². The Labute approximate surface area is 168 Å². The number of carbonyl (C=O) groups is 1. The van der Waals surface area contributed by atoms with Gasteiger partial charge in [-0.25, -0.2) is 0 Å². The number of morpholine rings is 1. The summed E-state index contributed by atoms with van der Waals surface area (Å²) in [6.07, 6.45) is 2.08. The van der Waals surface area contributed by atoms with Crippen molar-refractivity contribution in [1.29, 1.82) is 0 Å². The fourth-order valence-electron chi connectivity index (χ4n) is 2.91. The Morgan fingerprint density at radius 1 is 1.22 bits per heavy atom. The molecule has 1 fully saturated rings. The highest BCUT2D eigenvalue weighted by Crippen LogP contribution is 2.30. The van der Waals surface area contributed by atoms with Crippen LogP contribution in [0, 0.1) is 0 Å². The lowest BCUT2D eigenvalue weighted by Crippen LogP contribution is -2.36. The van der Waals surface area contributed by atoms with Crippen LogP contribution in [0.4, 0.5) is 11.4 Å². The normalized spacial score (nSPS) is 14.1. The molecule has 27 heavy (non-hydrogen) atoms. The first-order chi connectivity index (χ1) is 13.2. The molecule has 5 nitrogen and oxygen atoms in total. The van der Waals surface area contributed by atoms with Crippen LogP contribution in [0.25, 0.3) is 0 Å². The summed E-state index contributed by atoms with van der Waals surface area (Å²) >= 11 is 3.62. The molecule has 1 aliphatic rings. The smallest absolute Gasteiger partial charge is 0.255 e. The zero-order valence-electron chi connectivity index (χ0n) is 15.5. The average Bonchev–Trinajstić information content (AvgIpc) is 2.69. The highest BCUT2D eigenvalue weighted by Gasteiger charge is 2.15. The van der Waals surface area contributed by atoms with Gasteiger partial charge in [-0.3, -0.25) is 4.79 Å². The van der Waals surface area contributed by atoms with E-state index in [9.17, 15) is 4.79 Å². The largest absolute Gasteiger partial charge is 0.494 e. The van der Waals surface area contributed by atoms with Crippen LogP contribution in [0.3, 0.4) is 0 Å². The molecule has 3 rings (SSSR count). The van der Waals surface area contributed by atoms with Gasteiger partial charge in [0.05, 0.1) is 25.5 Å². The monoisotopic (exact) mass is 432 g/mol. The third kappa shape index (κ3) is 5.47. The van der Waals surface area contributed by atoms with Crippen LogP contribution in [0.2, 0.25) is 0 Å². The highest BCUT2D eigenvalue weighted by atomic mass is 79.9. The van der Waals surface area contributed by atoms with Crippen LogP contribution in [-0.2, 0) is 4.74 Å². The molecule has 6 heteroatoms. The van der Waals surface area contributed by atoms with Crippen molar-refractivity contribution in [1.82, 2.24) is 0 Å². The van der Waals surface area contributed by atoms with E-state index in [1.54, 1.807) is 12.1 Å². The number of benzene rings is 2. The maximum atomic E-state index is 12.6. The number of nitrogens with one attached hydrogen (secondary N) is 1. The Hall–Kier alpha value is -2.05. The minimum Gasteiger partial charge on any atom is -0.494 e. The van der Waals surface area contributed by atoms with Crippen LogP contribution in [0.5, 0.6) is 5.75 Å². The third-order valence-corrected chi connectivity index (χ3v) is 5.06. The average molecular weight is 433 g/mol. The molecule has 2 aromatic rings. The fourth-order valence-corrected chi connectivity index (χ4v) is 3.54. The van der Waals surface area contributed by atoms with Crippen molar-refractivity contribution >= 4 is 33.2 Å². The topological polar surface area (TPSA) is 50.8 Å². The molecule has 0 saturated carbocycles. The van der Waals surface area contributed by atoms with Crippen molar-refractivity contribution in [2.45, 2.75) is 19.8 Å². The van der Waals surface area contributed by atoms with E-state index in [1.165, 1.54) is 0 Å². The number of carbonyl (C=O) groups excluding carboxylic acids is 1. The lowest BCUT2D eigenvalue weighted by Gasteiger charge is -2.29. The van der Waals surface area contributed by atoms with E-state index in [2.05, 4.69) is 33.1 Å². The van der Waals surface area contributed by atoms with Gasteiger partial charge in [0.1, 0.15) is 5.75 Å². The van der Waals surface area contributed by atoms with Gasteiger partial charge in [0.15, 0.2) is 0 Å². The summed E-state index contributed by atoms with van der Waals surface area (Å²) in [6, 6.07) is 13.2. The van der Waals surface area contributed by atoms with Crippen LogP contribution < -0.4 is 15.0 Å². The van der Waals surface area contributed by atoms with Crippen molar-refractivity contribution < 1.29 is 14.3 Å². The van der Waals surface area contributed by atoms with Crippen LogP contribution in [0.15, 0.2) is 46.9 Å². The number of unbranched alkanes of at least 4 members (excludes halogenated alkanes) is 1. The Kier molecular flexibility index (Phi) is 7.12. The molecule has 0 spiro atoms. The maximum absolute atomic E-state index is 12.6. The minimum absolute atomic E-state index is 0.151. The number of hydrogen-bond acceptors (Lipinski definition) is 4. The zero-order valence-corrected chi connectivity index (χ0v) is 17.1. The number of anilines is 2. The van der Waals surface area contributed by atoms with Gasteiger partial charge in [0.2, 0.25) is 0 Å². The second-order valence-electron chi connectivity index (χ2n) is 6.45. The predicted molar refractivity (Wildman–Crippen MR) is 112 cm³/mol. The summed E-state index contributed by atoms with van der Waals surface area (Å²) in [5, 5.41) is 2.96. The molecule has 1 amide bonds. The van der Waals surface area contributed by atoms with Crippen LogP contribution in [0.1, 0.15) is 30.1 Å². The van der Waals surface area contributed by atoms with Gasteiger partial charge in [-0.05, 0) is 58.7 Å². The van der Waals surface area contributed by atoms with Gasteiger partial charge < -0.3 is 19.7 Å². The third-order valence-electron chi connectivity index (χ3n) is 4.42. The molecular formula is C21H25BrN2O3. The predicted octanol–water partition coefficient (Wildman–Crippen LogP) is 4.72. The van der Waals surface area contributed by atoms with E-state index in [-0.39, 0.29) is 5.91 Å². The SMILES string of the molecule is CCCCOc1cccc(C(=O)Nc2ccc(N3CCOCC3)c(Br)c2)c1. The zero-order chi connectivity index (χ0) is 19.1. The van der Waals surface area contributed by atoms with Gasteiger partial charge in [0.25, 0.3) is 5.91 Å². The fraction of sp³-hybridized carbons (Fsp3) is 0.381. The lowest BCUT2D eigenvalue weighted by molar-refractivity contribution is 0.102. The number of amides is 1. The molecule has 0 aliphatic carbocycles. The van der Waals surface area contributed by atoms with Crippen LogP contribution in [-0.4, -0.2) is 38.8 Å². The first-order valence-electron chi connectivity index (χ1n) is 9.34. The number of nitrogens with zero attached hydrogens (tertiary/aromatic N) is 1. The Morgan fingerprint density at radius 3 is 2.78 bits per heavy atom. The van der Waals surface area contributed by atoms with E-state index >= 15 is 0 Å². The van der Waals surface area contributed by atoms with E-state index in [0.29, 0.717) is 12.2 Å². The molecule has 0 unspecified atom stereocenters. The summed E-state index contributed by atoms with van der Waals surface area (Å²) in [5.74, 6) is 0.571. The summed E-state index contributed by atoms with van der Waals surface area (Å²) in [7, 11) is 0. The second-order valence-corrected chi connectivity index (χ2v) is 7.30. The van der Waals surface area contributed by atoms with Crippen molar-refractivity contribution in [2.24, 2.45) is 0 Å². The van der Waals surface area contributed by atoms with Crippen molar-refractivity contribution in [3.63, 3.8) is 0 Å². The van der Waals surface area contributed by atoms with Gasteiger partial charge in [0, 0.05) is 28.8 Å². The second kappa shape index (κ2) is 9.76. The number of rotatable bonds is 7. The molecule has 0 atom stereocenters. The summed E-state index contributed by atoms with van der Waals surface area (Å²) in [5.41, 5.74) is 2.45. The van der Waals surface area contributed by atoms with Gasteiger partial charge >= 0.3 is 0 Å². The Morgan fingerprint density at radius 2 is 2.04 bits per heavy atom. The van der Waals surface area contributed by atoms with Crippen LogP contribution >= 0.6 is 15.9 Å². The first-order valence-corrected chi connectivity index (χ1v) is 10.1. The van der Waals surface area contributed by atoms with E-state index in [1.807, 2.05) is 30.3 Å². The molecule has 1 saturated heterocycles. The minimum atomic E-state index is -0.151. The number of hydrogen-bond donors (Lipinski definition) is 1. The molecule has 0 radical (unpaired) electrons. The Bertz CT molecular complexity index is 776. The first kappa shape index (κ1) is 19.7. The van der Waals surface area contributed by atoms with Gasteiger partial charge in [-0.2, -0.15) is 0 Å². The highest BCUT2D eigenvalue weighted by molar-refractivity contribution is 9.10. The molecule has 0 aromatic heterocycles.